The Labute approximate surface area is 116 Å². The number of sulfone groups is 1. The highest BCUT2D eigenvalue weighted by molar-refractivity contribution is 7.90. The van der Waals surface area contributed by atoms with Crippen molar-refractivity contribution in [1.29, 1.82) is 0 Å². The number of carboxylic acids is 1. The van der Waals surface area contributed by atoms with E-state index in [1.807, 2.05) is 0 Å². The van der Waals surface area contributed by atoms with Crippen molar-refractivity contribution in [2.24, 2.45) is 0 Å². The average molecular weight is 294 g/mol. The van der Waals surface area contributed by atoms with Crippen LogP contribution in [0.15, 0.2) is 36.7 Å². The molecule has 0 aliphatic heterocycles. The highest BCUT2D eigenvalue weighted by Gasteiger charge is 2.08. The van der Waals surface area contributed by atoms with E-state index in [-0.39, 0.29) is 17.9 Å². The Bertz CT molecular complexity index is 734. The maximum atomic E-state index is 11.1. The number of benzene rings is 1. The minimum atomic E-state index is -3.03. The number of aromatic nitrogens is 2. The molecule has 0 aliphatic rings. The van der Waals surface area contributed by atoms with Crippen molar-refractivity contribution in [2.75, 3.05) is 12.0 Å². The molecular formula is C13H14N2O4S. The molecule has 0 atom stereocenters. The van der Waals surface area contributed by atoms with Crippen molar-refractivity contribution >= 4 is 15.8 Å². The predicted octanol–water partition coefficient (Wildman–Crippen LogP) is 1.29. The van der Waals surface area contributed by atoms with E-state index in [0.717, 1.165) is 11.1 Å². The fourth-order valence-electron chi connectivity index (χ4n) is 1.73. The van der Waals surface area contributed by atoms with E-state index in [1.54, 1.807) is 30.6 Å². The van der Waals surface area contributed by atoms with Crippen LogP contribution in [0.1, 0.15) is 10.4 Å². The van der Waals surface area contributed by atoms with E-state index in [9.17, 15) is 13.2 Å². The standard InChI is InChI=1S/C13H14N2O4S/c1-20(18,19)6-5-15-9-12(8-14-15)10-3-2-4-11(7-10)13(16)17/h2-4,7-9H,5-6H2,1H3,(H,16,17). The normalized spacial score (nSPS) is 11.4. The first-order valence-electron chi connectivity index (χ1n) is 5.89. The molecule has 0 amide bonds. The first-order valence-corrected chi connectivity index (χ1v) is 7.95. The molecule has 1 aromatic heterocycles. The number of hydrogen-bond donors (Lipinski definition) is 1. The molecule has 0 bridgehead atoms. The number of aryl methyl sites for hydroxylation is 1. The second kappa shape index (κ2) is 5.46. The highest BCUT2D eigenvalue weighted by Crippen LogP contribution is 2.19. The fraction of sp³-hybridized carbons (Fsp3) is 0.231. The quantitative estimate of drug-likeness (QED) is 0.897. The Morgan fingerprint density at radius 2 is 2.10 bits per heavy atom. The third kappa shape index (κ3) is 3.67. The van der Waals surface area contributed by atoms with Crippen LogP contribution in [0.2, 0.25) is 0 Å². The van der Waals surface area contributed by atoms with Gasteiger partial charge in [-0.15, -0.1) is 0 Å². The molecule has 1 N–H and O–H groups in total. The molecule has 0 aliphatic carbocycles. The van der Waals surface area contributed by atoms with Crippen molar-refractivity contribution in [1.82, 2.24) is 9.78 Å². The number of nitrogens with zero attached hydrogens (tertiary/aromatic N) is 2. The van der Waals surface area contributed by atoms with Gasteiger partial charge in [0, 0.05) is 18.0 Å². The molecule has 2 aromatic rings. The Kier molecular flexibility index (Phi) is 3.89. The Morgan fingerprint density at radius 1 is 1.35 bits per heavy atom. The molecule has 0 fully saturated rings. The summed E-state index contributed by atoms with van der Waals surface area (Å²) in [6, 6.07) is 6.51. The van der Waals surface area contributed by atoms with Crippen molar-refractivity contribution in [3.63, 3.8) is 0 Å². The first-order chi connectivity index (χ1) is 9.35. The summed E-state index contributed by atoms with van der Waals surface area (Å²) in [6.07, 6.45) is 4.46. The van der Waals surface area contributed by atoms with E-state index in [0.29, 0.717) is 0 Å². The highest BCUT2D eigenvalue weighted by atomic mass is 32.2. The lowest BCUT2D eigenvalue weighted by Crippen LogP contribution is -2.11. The van der Waals surface area contributed by atoms with Crippen LogP contribution in [0.25, 0.3) is 11.1 Å². The first kappa shape index (κ1) is 14.3. The van der Waals surface area contributed by atoms with Crippen LogP contribution in [-0.4, -0.2) is 41.3 Å². The number of rotatable bonds is 5. The van der Waals surface area contributed by atoms with Crippen LogP contribution in [0.3, 0.4) is 0 Å². The lowest BCUT2D eigenvalue weighted by molar-refractivity contribution is 0.0697. The zero-order valence-electron chi connectivity index (χ0n) is 10.9. The van der Waals surface area contributed by atoms with Crippen molar-refractivity contribution in [3.05, 3.63) is 42.2 Å². The predicted molar refractivity (Wildman–Crippen MR) is 74.3 cm³/mol. The van der Waals surface area contributed by atoms with E-state index < -0.39 is 15.8 Å². The van der Waals surface area contributed by atoms with Crippen LogP contribution in [0.4, 0.5) is 0 Å². The van der Waals surface area contributed by atoms with Crippen LogP contribution in [-0.2, 0) is 16.4 Å². The van der Waals surface area contributed by atoms with Gasteiger partial charge in [-0.1, -0.05) is 12.1 Å². The smallest absolute Gasteiger partial charge is 0.335 e. The van der Waals surface area contributed by atoms with E-state index in [4.69, 9.17) is 5.11 Å². The van der Waals surface area contributed by atoms with Gasteiger partial charge in [0.2, 0.25) is 0 Å². The van der Waals surface area contributed by atoms with Gasteiger partial charge in [0.1, 0.15) is 9.84 Å². The Hall–Kier alpha value is -2.15. The molecule has 0 unspecified atom stereocenters. The largest absolute Gasteiger partial charge is 0.478 e. The van der Waals surface area contributed by atoms with Crippen molar-refractivity contribution < 1.29 is 18.3 Å². The molecule has 6 nitrogen and oxygen atoms in total. The maximum Gasteiger partial charge on any atom is 0.335 e. The molecule has 0 radical (unpaired) electrons. The number of hydrogen-bond acceptors (Lipinski definition) is 4. The van der Waals surface area contributed by atoms with Gasteiger partial charge in [-0.2, -0.15) is 5.10 Å². The number of carbonyl (C=O) groups is 1. The summed E-state index contributed by atoms with van der Waals surface area (Å²) >= 11 is 0. The molecule has 2 rings (SSSR count). The number of carboxylic acid groups (broad SMARTS) is 1. The van der Waals surface area contributed by atoms with Gasteiger partial charge < -0.3 is 5.11 Å². The molecular weight excluding hydrogens is 280 g/mol. The average Bonchev–Trinajstić information content (AvgIpc) is 2.84. The van der Waals surface area contributed by atoms with Crippen molar-refractivity contribution in [2.45, 2.75) is 6.54 Å². The Balaban J connectivity index is 2.20. The maximum absolute atomic E-state index is 11.1. The summed E-state index contributed by atoms with van der Waals surface area (Å²) in [7, 11) is -3.03. The molecule has 7 heteroatoms. The van der Waals surface area contributed by atoms with Crippen LogP contribution in [0, 0.1) is 0 Å². The topological polar surface area (TPSA) is 89.3 Å². The molecule has 20 heavy (non-hydrogen) atoms. The molecule has 0 saturated heterocycles. The summed E-state index contributed by atoms with van der Waals surface area (Å²) in [5, 5.41) is 13.0. The Morgan fingerprint density at radius 3 is 2.75 bits per heavy atom. The van der Waals surface area contributed by atoms with Gasteiger partial charge in [-0.3, -0.25) is 4.68 Å². The monoisotopic (exact) mass is 294 g/mol. The summed E-state index contributed by atoms with van der Waals surface area (Å²) in [5.41, 5.74) is 1.68. The molecule has 106 valence electrons. The SMILES string of the molecule is CS(=O)(=O)CCn1cc(-c2cccc(C(=O)O)c2)cn1. The lowest BCUT2D eigenvalue weighted by Gasteiger charge is -2.00. The molecule has 1 heterocycles. The molecule has 0 saturated carbocycles. The summed E-state index contributed by atoms with van der Waals surface area (Å²) in [5.74, 6) is -0.972. The molecule has 0 spiro atoms. The zero-order valence-corrected chi connectivity index (χ0v) is 11.7. The third-order valence-electron chi connectivity index (χ3n) is 2.77. The van der Waals surface area contributed by atoms with Gasteiger partial charge in [-0.05, 0) is 17.7 Å². The second-order valence-electron chi connectivity index (χ2n) is 4.51. The van der Waals surface area contributed by atoms with Gasteiger partial charge in [0.05, 0.1) is 24.1 Å². The number of aromatic carboxylic acids is 1. The minimum Gasteiger partial charge on any atom is -0.478 e. The minimum absolute atomic E-state index is 0.0171. The van der Waals surface area contributed by atoms with Crippen LogP contribution >= 0.6 is 0 Å². The van der Waals surface area contributed by atoms with E-state index in [1.165, 1.54) is 17.0 Å². The van der Waals surface area contributed by atoms with Crippen LogP contribution in [0.5, 0.6) is 0 Å². The van der Waals surface area contributed by atoms with E-state index >= 15 is 0 Å². The summed E-state index contributed by atoms with van der Waals surface area (Å²) in [4.78, 5) is 10.9. The van der Waals surface area contributed by atoms with Gasteiger partial charge in [-0.25, -0.2) is 13.2 Å². The summed E-state index contributed by atoms with van der Waals surface area (Å²) in [6.45, 7) is 0.275. The molecule has 1 aromatic carbocycles. The third-order valence-corrected chi connectivity index (χ3v) is 3.69. The van der Waals surface area contributed by atoms with Crippen LogP contribution < -0.4 is 0 Å². The van der Waals surface area contributed by atoms with Gasteiger partial charge >= 0.3 is 5.97 Å². The lowest BCUT2D eigenvalue weighted by atomic mass is 10.1. The van der Waals surface area contributed by atoms with Gasteiger partial charge in [0.25, 0.3) is 0 Å². The zero-order chi connectivity index (χ0) is 14.8. The van der Waals surface area contributed by atoms with Crippen molar-refractivity contribution in [3.8, 4) is 11.1 Å². The fourth-order valence-corrected chi connectivity index (χ4v) is 2.24. The second-order valence-corrected chi connectivity index (χ2v) is 6.77. The van der Waals surface area contributed by atoms with Gasteiger partial charge in [0.15, 0.2) is 0 Å². The van der Waals surface area contributed by atoms with E-state index in [2.05, 4.69) is 5.10 Å². The summed E-state index contributed by atoms with van der Waals surface area (Å²) < 4.78 is 23.7.